The van der Waals surface area contributed by atoms with Crippen molar-refractivity contribution in [2.45, 2.75) is 36.8 Å². The molecule has 156 valence electrons. The molecule has 0 aliphatic rings. The summed E-state index contributed by atoms with van der Waals surface area (Å²) in [5.41, 5.74) is 4.57. The van der Waals surface area contributed by atoms with Crippen LogP contribution in [0.3, 0.4) is 0 Å². The first-order chi connectivity index (χ1) is 13.6. The lowest BCUT2D eigenvalue weighted by atomic mass is 10.00. The van der Waals surface area contributed by atoms with E-state index in [-0.39, 0.29) is 10.6 Å². The average molecular weight is 437 g/mol. The maximum atomic E-state index is 11.8. The van der Waals surface area contributed by atoms with Crippen LogP contribution in [0.15, 0.2) is 47.5 Å². The van der Waals surface area contributed by atoms with Crippen molar-refractivity contribution in [1.82, 2.24) is 9.71 Å². The highest BCUT2D eigenvalue weighted by atomic mass is 32.2. The van der Waals surface area contributed by atoms with E-state index in [0.717, 1.165) is 40.4 Å². The van der Waals surface area contributed by atoms with Crippen LogP contribution in [0.25, 0.3) is 10.9 Å². The largest absolute Gasteiger partial charge is 0.361 e. The minimum absolute atomic E-state index is 0.0777. The summed E-state index contributed by atoms with van der Waals surface area (Å²) in [5, 5.41) is 0.984. The van der Waals surface area contributed by atoms with Gasteiger partial charge in [-0.15, -0.1) is 0 Å². The van der Waals surface area contributed by atoms with Crippen molar-refractivity contribution in [3.63, 3.8) is 0 Å². The van der Waals surface area contributed by atoms with Crippen LogP contribution in [-0.2, 0) is 38.7 Å². The van der Waals surface area contributed by atoms with Crippen molar-refractivity contribution in [1.29, 1.82) is 0 Å². The number of sulfonamides is 1. The molecule has 0 fully saturated rings. The van der Waals surface area contributed by atoms with Gasteiger partial charge >= 0.3 is 0 Å². The molecule has 0 unspecified atom stereocenters. The first-order valence-electron chi connectivity index (χ1n) is 9.16. The minimum Gasteiger partial charge on any atom is -0.361 e. The molecule has 3 aromatic rings. The molecule has 0 amide bonds. The first kappa shape index (κ1) is 21.5. The smallest absolute Gasteiger partial charge is 0.294 e. The highest BCUT2D eigenvalue weighted by Gasteiger charge is 2.13. The van der Waals surface area contributed by atoms with E-state index in [1.54, 1.807) is 12.1 Å². The summed E-state index contributed by atoms with van der Waals surface area (Å²) in [6, 6.07) is 10.2. The summed E-state index contributed by atoms with van der Waals surface area (Å²) in [6.45, 7) is 1.91. The van der Waals surface area contributed by atoms with Gasteiger partial charge in [-0.2, -0.15) is 8.42 Å². The second kappa shape index (κ2) is 8.27. The highest BCUT2D eigenvalue weighted by molar-refractivity contribution is 7.88. The molecule has 1 aromatic heterocycles. The molecule has 0 atom stereocenters. The number of benzene rings is 2. The van der Waals surface area contributed by atoms with Gasteiger partial charge in [0.15, 0.2) is 0 Å². The number of hydrogen-bond donors (Lipinski definition) is 3. The summed E-state index contributed by atoms with van der Waals surface area (Å²) in [4.78, 5) is 3.11. The number of aromatic nitrogens is 1. The summed E-state index contributed by atoms with van der Waals surface area (Å²) in [5.74, 6) is -0.0777. The third-order valence-electron chi connectivity index (χ3n) is 5.01. The molecule has 1 heterocycles. The first-order valence-corrected chi connectivity index (χ1v) is 12.3. The summed E-state index contributed by atoms with van der Waals surface area (Å²) in [6.07, 6.45) is 4.11. The SMILES string of the molecule is CNS(=O)(=O)Cc1ccc2[nH]cc(CCCc3cc(S(=O)(=O)O)ccc3C)c2c1. The van der Waals surface area contributed by atoms with E-state index in [1.165, 1.54) is 19.2 Å². The monoisotopic (exact) mass is 436 g/mol. The van der Waals surface area contributed by atoms with Gasteiger partial charge in [0.1, 0.15) is 0 Å². The van der Waals surface area contributed by atoms with Gasteiger partial charge in [0, 0.05) is 17.1 Å². The molecule has 0 bridgehead atoms. The van der Waals surface area contributed by atoms with Gasteiger partial charge in [0.05, 0.1) is 10.6 Å². The van der Waals surface area contributed by atoms with Crippen LogP contribution in [0.5, 0.6) is 0 Å². The second-order valence-corrected chi connectivity index (χ2v) is 10.4. The Morgan fingerprint density at radius 2 is 1.72 bits per heavy atom. The molecule has 7 nitrogen and oxygen atoms in total. The van der Waals surface area contributed by atoms with E-state index in [9.17, 15) is 21.4 Å². The quantitative estimate of drug-likeness (QED) is 0.470. The predicted molar refractivity (Wildman–Crippen MR) is 113 cm³/mol. The molecule has 0 aliphatic heterocycles. The second-order valence-electron chi connectivity index (χ2n) is 7.07. The number of nitrogens with one attached hydrogen (secondary N) is 2. The van der Waals surface area contributed by atoms with Gasteiger partial charge in [0.2, 0.25) is 10.0 Å². The summed E-state index contributed by atoms with van der Waals surface area (Å²) < 4.78 is 57.9. The molecule has 29 heavy (non-hydrogen) atoms. The number of H-pyrrole nitrogens is 1. The third kappa shape index (κ3) is 5.24. The van der Waals surface area contributed by atoms with Crippen LogP contribution in [0.2, 0.25) is 0 Å². The minimum atomic E-state index is -4.22. The van der Waals surface area contributed by atoms with Crippen LogP contribution in [0.1, 0.15) is 28.7 Å². The van der Waals surface area contributed by atoms with Crippen molar-refractivity contribution in [2.24, 2.45) is 0 Å². The Balaban J connectivity index is 1.76. The van der Waals surface area contributed by atoms with Crippen LogP contribution in [0.4, 0.5) is 0 Å². The Bertz CT molecular complexity index is 1250. The maximum Gasteiger partial charge on any atom is 0.294 e. The fourth-order valence-corrected chi connectivity index (χ4v) is 4.65. The number of rotatable bonds is 8. The van der Waals surface area contributed by atoms with Gasteiger partial charge in [0.25, 0.3) is 10.1 Å². The van der Waals surface area contributed by atoms with E-state index in [0.29, 0.717) is 12.0 Å². The van der Waals surface area contributed by atoms with Crippen LogP contribution < -0.4 is 4.72 Å². The molecule has 3 N–H and O–H groups in total. The van der Waals surface area contributed by atoms with Crippen LogP contribution in [0, 0.1) is 6.92 Å². The Morgan fingerprint density at radius 3 is 2.41 bits per heavy atom. The zero-order valence-corrected chi connectivity index (χ0v) is 17.9. The van der Waals surface area contributed by atoms with Crippen molar-refractivity contribution < 1.29 is 21.4 Å². The van der Waals surface area contributed by atoms with Gasteiger partial charge in [-0.1, -0.05) is 12.1 Å². The molecule has 0 saturated heterocycles. The Labute approximate surface area is 171 Å². The van der Waals surface area contributed by atoms with E-state index in [1.807, 2.05) is 25.3 Å². The number of aromatic amines is 1. The molecule has 9 heteroatoms. The lowest BCUT2D eigenvalue weighted by molar-refractivity contribution is 0.483. The summed E-state index contributed by atoms with van der Waals surface area (Å²) in [7, 11) is -6.16. The maximum absolute atomic E-state index is 11.8. The molecule has 0 spiro atoms. The van der Waals surface area contributed by atoms with Gasteiger partial charge < -0.3 is 4.98 Å². The van der Waals surface area contributed by atoms with Gasteiger partial charge in [-0.25, -0.2) is 13.1 Å². The van der Waals surface area contributed by atoms with Crippen molar-refractivity contribution in [3.05, 3.63) is 64.8 Å². The zero-order valence-electron chi connectivity index (χ0n) is 16.3. The van der Waals surface area contributed by atoms with Crippen LogP contribution >= 0.6 is 0 Å². The van der Waals surface area contributed by atoms with E-state index < -0.39 is 20.1 Å². The molecule has 2 aromatic carbocycles. The van der Waals surface area contributed by atoms with Gasteiger partial charge in [-0.05, 0) is 79.8 Å². The third-order valence-corrected chi connectivity index (χ3v) is 7.20. The standard InChI is InChI=1S/C20H24N2O5S2/c1-14-6-8-18(29(25,26)27)11-16(14)4-3-5-17-12-22-20-9-7-15(10-19(17)20)13-28(23,24)21-2/h6-12,21-22H,3-5,13H2,1-2H3,(H,25,26,27). The number of hydrogen-bond acceptors (Lipinski definition) is 4. The topological polar surface area (TPSA) is 116 Å². The molecule has 0 saturated carbocycles. The highest BCUT2D eigenvalue weighted by Crippen LogP contribution is 2.23. The normalized spacial score (nSPS) is 12.5. The van der Waals surface area contributed by atoms with Crippen LogP contribution in [-0.4, -0.2) is 33.4 Å². The molecule has 0 radical (unpaired) electrons. The molecular weight excluding hydrogens is 412 g/mol. The Kier molecular flexibility index (Phi) is 6.13. The van der Waals surface area contributed by atoms with Crippen molar-refractivity contribution in [3.8, 4) is 0 Å². The van der Waals surface area contributed by atoms with Gasteiger partial charge in [-0.3, -0.25) is 4.55 Å². The van der Waals surface area contributed by atoms with E-state index >= 15 is 0 Å². The van der Waals surface area contributed by atoms with E-state index in [2.05, 4.69) is 9.71 Å². The molecule has 0 aliphatic carbocycles. The number of aryl methyl sites for hydroxylation is 3. The molecular formula is C20H24N2O5S2. The average Bonchev–Trinajstić information content (AvgIpc) is 3.04. The lowest BCUT2D eigenvalue weighted by Crippen LogP contribution is -2.20. The Morgan fingerprint density at radius 1 is 1.00 bits per heavy atom. The lowest BCUT2D eigenvalue weighted by Gasteiger charge is -2.08. The number of fused-ring (bicyclic) bond motifs is 1. The molecule has 3 rings (SSSR count). The summed E-state index contributed by atoms with van der Waals surface area (Å²) >= 11 is 0. The Hall–Kier alpha value is -2.20. The fraction of sp³-hybridized carbons (Fsp3) is 0.300. The predicted octanol–water partition coefficient (Wildman–Crippen LogP) is 2.95. The van der Waals surface area contributed by atoms with Crippen molar-refractivity contribution in [2.75, 3.05) is 7.05 Å². The zero-order chi connectivity index (χ0) is 21.2. The van der Waals surface area contributed by atoms with Crippen molar-refractivity contribution >= 4 is 31.0 Å². The fourth-order valence-electron chi connectivity index (χ4n) is 3.36. The van der Waals surface area contributed by atoms with E-state index in [4.69, 9.17) is 0 Å².